The van der Waals surface area contributed by atoms with Crippen molar-refractivity contribution in [3.8, 4) is 0 Å². The van der Waals surface area contributed by atoms with Crippen molar-refractivity contribution >= 4 is 58.4 Å². The lowest BCUT2D eigenvalue weighted by Crippen LogP contribution is -2.37. The maximum absolute atomic E-state index is 13.4. The van der Waals surface area contributed by atoms with Gasteiger partial charge in [-0.05, 0) is 73.2 Å². The minimum atomic E-state index is -1.03. The third-order valence-electron chi connectivity index (χ3n) is 5.73. The molecule has 0 bridgehead atoms. The fourth-order valence-corrected chi connectivity index (χ4v) is 4.17. The van der Waals surface area contributed by atoms with Gasteiger partial charge in [-0.2, -0.15) is 0 Å². The fraction of sp³-hybridized carbons (Fsp3) is 0.185. The largest absolute Gasteiger partial charge is 0.462 e. The van der Waals surface area contributed by atoms with Gasteiger partial charge in [-0.3, -0.25) is 9.59 Å². The van der Waals surface area contributed by atoms with E-state index in [1.807, 2.05) is 0 Å². The van der Waals surface area contributed by atoms with Gasteiger partial charge in [-0.1, -0.05) is 35.3 Å². The second kappa shape index (κ2) is 11.5. The predicted molar refractivity (Wildman–Crippen MR) is 141 cm³/mol. The lowest BCUT2D eigenvalue weighted by atomic mass is 10.1. The molecule has 1 heterocycles. The Balaban J connectivity index is 1.54. The maximum Gasteiger partial charge on any atom is 0.338 e. The van der Waals surface area contributed by atoms with Gasteiger partial charge in [0.2, 0.25) is 5.91 Å². The number of benzene rings is 3. The second-order valence-corrected chi connectivity index (χ2v) is 9.13. The van der Waals surface area contributed by atoms with E-state index in [-0.39, 0.29) is 19.6 Å². The summed E-state index contributed by atoms with van der Waals surface area (Å²) in [5, 5.41) is 3.73. The molecule has 1 saturated heterocycles. The number of hydrogen-bond acceptors (Lipinski definition) is 5. The van der Waals surface area contributed by atoms with Crippen molar-refractivity contribution < 1.29 is 23.9 Å². The third-order valence-corrected chi connectivity index (χ3v) is 6.23. The molecule has 0 radical (unpaired) electrons. The van der Waals surface area contributed by atoms with Gasteiger partial charge in [0.25, 0.3) is 5.91 Å². The summed E-state index contributed by atoms with van der Waals surface area (Å²) in [6.07, 6.45) is -0.262. The van der Waals surface area contributed by atoms with Crippen LogP contribution in [0.4, 0.5) is 16.2 Å². The van der Waals surface area contributed by atoms with Crippen LogP contribution in [0.5, 0.6) is 0 Å². The van der Waals surface area contributed by atoms with E-state index >= 15 is 0 Å². The minimum absolute atomic E-state index is 0.109. The monoisotopic (exact) mass is 539 g/mol. The zero-order valence-corrected chi connectivity index (χ0v) is 21.3. The van der Waals surface area contributed by atoms with Crippen LogP contribution in [0.1, 0.15) is 29.3 Å². The van der Waals surface area contributed by atoms with E-state index in [0.29, 0.717) is 27.0 Å². The zero-order valence-electron chi connectivity index (χ0n) is 19.8. The molecule has 1 fully saturated rings. The van der Waals surface area contributed by atoms with E-state index in [0.717, 1.165) is 10.5 Å². The molecule has 0 aromatic heterocycles. The normalized spacial score (nSPS) is 15.2. The Morgan fingerprint density at radius 1 is 0.892 bits per heavy atom. The number of ether oxygens (including phenoxy) is 1. The van der Waals surface area contributed by atoms with Crippen LogP contribution in [-0.4, -0.2) is 41.4 Å². The minimum Gasteiger partial charge on any atom is -0.462 e. The molecule has 0 unspecified atom stereocenters. The molecule has 4 rings (SSSR count). The number of imide groups is 1. The number of halogens is 2. The SMILES string of the molecule is CCOC(=O)c1ccc(NC(=O)C[C@@H]2C(=O)N(c3ccc(Cl)cc3)C(=O)N2Cc2ccc(Cl)cc2)cc1. The highest BCUT2D eigenvalue weighted by molar-refractivity contribution is 6.31. The van der Waals surface area contributed by atoms with Gasteiger partial charge >= 0.3 is 12.0 Å². The number of urea groups is 1. The number of rotatable bonds is 8. The Hall–Kier alpha value is -3.88. The first-order chi connectivity index (χ1) is 17.8. The number of amides is 4. The first-order valence-corrected chi connectivity index (χ1v) is 12.2. The highest BCUT2D eigenvalue weighted by Crippen LogP contribution is 2.29. The van der Waals surface area contributed by atoms with E-state index in [4.69, 9.17) is 27.9 Å². The summed E-state index contributed by atoms with van der Waals surface area (Å²) in [4.78, 5) is 54.0. The van der Waals surface area contributed by atoms with Gasteiger partial charge in [0.15, 0.2) is 0 Å². The van der Waals surface area contributed by atoms with Crippen LogP contribution in [0.3, 0.4) is 0 Å². The lowest BCUT2D eigenvalue weighted by Gasteiger charge is -2.21. The summed E-state index contributed by atoms with van der Waals surface area (Å²) < 4.78 is 4.96. The van der Waals surface area contributed by atoms with Crippen LogP contribution in [-0.2, 0) is 20.9 Å². The molecule has 10 heteroatoms. The summed E-state index contributed by atoms with van der Waals surface area (Å²) in [5.41, 5.74) is 1.90. The number of carbonyl (C=O) groups is 4. The van der Waals surface area contributed by atoms with E-state index in [9.17, 15) is 19.2 Å². The molecule has 1 atom stereocenters. The molecule has 8 nitrogen and oxygen atoms in total. The molecule has 0 saturated carbocycles. The van der Waals surface area contributed by atoms with E-state index in [2.05, 4.69) is 5.32 Å². The van der Waals surface area contributed by atoms with Crippen LogP contribution in [0, 0.1) is 0 Å². The fourth-order valence-electron chi connectivity index (χ4n) is 3.92. The number of esters is 1. The molecule has 1 aliphatic rings. The van der Waals surface area contributed by atoms with Gasteiger partial charge in [-0.25, -0.2) is 14.5 Å². The van der Waals surface area contributed by atoms with Crippen LogP contribution in [0.15, 0.2) is 72.8 Å². The van der Waals surface area contributed by atoms with Crippen molar-refractivity contribution in [2.24, 2.45) is 0 Å². The van der Waals surface area contributed by atoms with Crippen molar-refractivity contribution in [1.29, 1.82) is 0 Å². The molecular formula is C27H23Cl2N3O5. The lowest BCUT2D eigenvalue weighted by molar-refractivity contribution is -0.124. The first kappa shape index (κ1) is 26.2. The van der Waals surface area contributed by atoms with E-state index in [1.165, 1.54) is 17.0 Å². The predicted octanol–water partition coefficient (Wildman–Crippen LogP) is 5.54. The Morgan fingerprint density at radius 2 is 1.49 bits per heavy atom. The molecule has 4 amide bonds. The van der Waals surface area contributed by atoms with Crippen molar-refractivity contribution in [2.75, 3.05) is 16.8 Å². The van der Waals surface area contributed by atoms with Crippen LogP contribution in [0.2, 0.25) is 10.0 Å². The first-order valence-electron chi connectivity index (χ1n) is 11.5. The average molecular weight is 540 g/mol. The molecule has 3 aromatic carbocycles. The second-order valence-electron chi connectivity index (χ2n) is 8.25. The number of anilines is 2. The molecule has 37 heavy (non-hydrogen) atoms. The van der Waals surface area contributed by atoms with Crippen molar-refractivity contribution in [3.05, 3.63) is 94.0 Å². The van der Waals surface area contributed by atoms with Gasteiger partial charge in [0.05, 0.1) is 24.3 Å². The highest BCUT2D eigenvalue weighted by atomic mass is 35.5. The number of nitrogens with one attached hydrogen (secondary N) is 1. The topological polar surface area (TPSA) is 96.0 Å². The van der Waals surface area contributed by atoms with Crippen LogP contribution >= 0.6 is 23.2 Å². The van der Waals surface area contributed by atoms with Crippen LogP contribution in [0.25, 0.3) is 0 Å². The molecule has 0 spiro atoms. The Bertz CT molecular complexity index is 1310. The number of carbonyl (C=O) groups excluding carboxylic acids is 4. The molecule has 190 valence electrons. The molecule has 1 aliphatic heterocycles. The molecule has 1 N–H and O–H groups in total. The maximum atomic E-state index is 13.4. The van der Waals surface area contributed by atoms with Crippen molar-refractivity contribution in [3.63, 3.8) is 0 Å². The van der Waals surface area contributed by atoms with Crippen molar-refractivity contribution in [2.45, 2.75) is 25.9 Å². The Morgan fingerprint density at radius 3 is 2.08 bits per heavy atom. The molecule has 0 aliphatic carbocycles. The third kappa shape index (κ3) is 6.10. The summed E-state index contributed by atoms with van der Waals surface area (Å²) in [5.74, 6) is -1.45. The van der Waals surface area contributed by atoms with Crippen molar-refractivity contribution in [1.82, 2.24) is 4.90 Å². The number of hydrogen-bond donors (Lipinski definition) is 1. The summed E-state index contributed by atoms with van der Waals surface area (Å²) in [6, 6.07) is 17.8. The van der Waals surface area contributed by atoms with E-state index in [1.54, 1.807) is 67.6 Å². The smallest absolute Gasteiger partial charge is 0.338 e. The quantitative estimate of drug-likeness (QED) is 0.299. The molecule has 3 aromatic rings. The molecular weight excluding hydrogens is 517 g/mol. The van der Waals surface area contributed by atoms with Gasteiger partial charge in [-0.15, -0.1) is 0 Å². The summed E-state index contributed by atoms with van der Waals surface area (Å²) in [7, 11) is 0. The Labute approximate surface area is 223 Å². The van der Waals surface area contributed by atoms with Crippen LogP contribution < -0.4 is 10.2 Å². The highest BCUT2D eigenvalue weighted by Gasteiger charge is 2.46. The van der Waals surface area contributed by atoms with E-state index < -0.39 is 29.9 Å². The Kier molecular flexibility index (Phi) is 8.11. The average Bonchev–Trinajstić information content (AvgIpc) is 3.10. The zero-order chi connectivity index (χ0) is 26.5. The number of nitrogens with zero attached hydrogens (tertiary/aromatic N) is 2. The summed E-state index contributed by atoms with van der Waals surface area (Å²) in [6.45, 7) is 2.08. The van der Waals surface area contributed by atoms with Gasteiger partial charge in [0.1, 0.15) is 6.04 Å². The van der Waals surface area contributed by atoms with Gasteiger partial charge < -0.3 is 15.0 Å². The summed E-state index contributed by atoms with van der Waals surface area (Å²) >= 11 is 12.0. The standard InChI is InChI=1S/C27H23Cl2N3O5/c1-2-37-26(35)18-5-11-21(12-6-18)30-24(33)15-23-25(34)32(22-13-9-20(29)10-14-22)27(36)31(23)16-17-3-7-19(28)8-4-17/h3-14,23H,2,15-16H2,1H3,(H,30,33)/t23-/m1/s1. The van der Waals surface area contributed by atoms with Gasteiger partial charge in [0, 0.05) is 22.3 Å².